The van der Waals surface area contributed by atoms with Crippen molar-refractivity contribution in [1.82, 2.24) is 5.32 Å². The highest BCUT2D eigenvalue weighted by Crippen LogP contribution is 2.37. The molecule has 0 saturated heterocycles. The number of benzene rings is 2. The summed E-state index contributed by atoms with van der Waals surface area (Å²) in [6.45, 7) is 3.07. The minimum absolute atomic E-state index is 0.223. The van der Waals surface area contributed by atoms with Crippen LogP contribution >= 0.6 is 15.9 Å². The molecule has 0 heterocycles. The fraction of sp³-hybridized carbons (Fsp3) is 0.316. The Hall–Kier alpha value is -2.09. The SMILES string of the molecule is CCOc1cc(CNCC(O)c2ccccc2)cc(Br)c1OCC(N)=O. The molecular weight excluding hydrogens is 400 g/mol. The van der Waals surface area contributed by atoms with Gasteiger partial charge in [0.05, 0.1) is 17.2 Å². The van der Waals surface area contributed by atoms with Crippen LogP contribution in [0.5, 0.6) is 11.5 Å². The topological polar surface area (TPSA) is 93.8 Å². The van der Waals surface area contributed by atoms with Crippen molar-refractivity contribution in [1.29, 1.82) is 0 Å². The molecule has 2 rings (SSSR count). The van der Waals surface area contributed by atoms with Crippen LogP contribution in [0, 0.1) is 0 Å². The van der Waals surface area contributed by atoms with Gasteiger partial charge in [-0.15, -0.1) is 0 Å². The lowest BCUT2D eigenvalue weighted by atomic mass is 10.1. The molecule has 6 nitrogen and oxygen atoms in total. The quantitative estimate of drug-likeness (QED) is 0.546. The van der Waals surface area contributed by atoms with Gasteiger partial charge in [-0.1, -0.05) is 30.3 Å². The molecule has 0 radical (unpaired) electrons. The summed E-state index contributed by atoms with van der Waals surface area (Å²) in [6.07, 6.45) is -0.579. The lowest BCUT2D eigenvalue weighted by Gasteiger charge is -2.16. The maximum absolute atomic E-state index is 10.9. The van der Waals surface area contributed by atoms with Crippen molar-refractivity contribution in [2.75, 3.05) is 19.8 Å². The van der Waals surface area contributed by atoms with Crippen LogP contribution in [-0.4, -0.2) is 30.8 Å². The number of ether oxygens (including phenoxy) is 2. The second-order valence-electron chi connectivity index (χ2n) is 5.65. The molecule has 1 unspecified atom stereocenters. The molecule has 0 aromatic heterocycles. The third kappa shape index (κ3) is 6.01. The summed E-state index contributed by atoms with van der Waals surface area (Å²) >= 11 is 3.44. The van der Waals surface area contributed by atoms with E-state index in [0.717, 1.165) is 11.1 Å². The highest BCUT2D eigenvalue weighted by Gasteiger charge is 2.14. The molecule has 0 aliphatic carbocycles. The first-order valence-electron chi connectivity index (χ1n) is 8.31. The Labute approximate surface area is 161 Å². The first-order valence-corrected chi connectivity index (χ1v) is 9.10. The first kappa shape index (κ1) is 20.2. The zero-order chi connectivity index (χ0) is 18.9. The summed E-state index contributed by atoms with van der Waals surface area (Å²) < 4.78 is 11.7. The van der Waals surface area contributed by atoms with E-state index in [4.69, 9.17) is 15.2 Å². The fourth-order valence-electron chi connectivity index (χ4n) is 2.42. The van der Waals surface area contributed by atoms with Crippen LogP contribution in [0.3, 0.4) is 0 Å². The molecular formula is C19H23BrN2O4. The van der Waals surface area contributed by atoms with Gasteiger partial charge in [0.2, 0.25) is 0 Å². The predicted octanol–water partition coefficient (Wildman–Crippen LogP) is 2.54. The Balaban J connectivity index is 2.01. The summed E-state index contributed by atoms with van der Waals surface area (Å²) in [5, 5.41) is 13.4. The molecule has 2 aromatic carbocycles. The van der Waals surface area contributed by atoms with Crippen LogP contribution in [0.1, 0.15) is 24.2 Å². The Morgan fingerprint density at radius 2 is 2.00 bits per heavy atom. The van der Waals surface area contributed by atoms with E-state index in [1.54, 1.807) is 0 Å². The molecule has 140 valence electrons. The molecule has 0 aliphatic heterocycles. The van der Waals surface area contributed by atoms with Crippen molar-refractivity contribution in [2.45, 2.75) is 19.6 Å². The van der Waals surface area contributed by atoms with Gasteiger partial charge < -0.3 is 25.6 Å². The second-order valence-corrected chi connectivity index (χ2v) is 6.50. The van der Waals surface area contributed by atoms with Crippen molar-refractivity contribution in [3.8, 4) is 11.5 Å². The minimum atomic E-state index is -0.579. The molecule has 0 spiro atoms. The van der Waals surface area contributed by atoms with Crippen molar-refractivity contribution in [3.05, 3.63) is 58.1 Å². The number of aliphatic hydroxyl groups excluding tert-OH is 1. The zero-order valence-electron chi connectivity index (χ0n) is 14.6. The average Bonchev–Trinajstić information content (AvgIpc) is 2.61. The van der Waals surface area contributed by atoms with Gasteiger partial charge in [0.15, 0.2) is 18.1 Å². The number of hydrogen-bond acceptors (Lipinski definition) is 5. The second kappa shape index (κ2) is 10.2. The number of halogens is 1. The molecule has 26 heavy (non-hydrogen) atoms. The van der Waals surface area contributed by atoms with Gasteiger partial charge in [0, 0.05) is 13.1 Å². The van der Waals surface area contributed by atoms with Crippen LogP contribution in [0.2, 0.25) is 0 Å². The molecule has 0 fully saturated rings. The molecule has 1 amide bonds. The summed E-state index contributed by atoms with van der Waals surface area (Å²) in [7, 11) is 0. The van der Waals surface area contributed by atoms with E-state index in [9.17, 15) is 9.90 Å². The van der Waals surface area contributed by atoms with Gasteiger partial charge in [-0.05, 0) is 46.1 Å². The van der Waals surface area contributed by atoms with Gasteiger partial charge in [-0.3, -0.25) is 4.79 Å². The molecule has 0 bridgehead atoms. The largest absolute Gasteiger partial charge is 0.490 e. The average molecular weight is 423 g/mol. The van der Waals surface area contributed by atoms with E-state index in [0.29, 0.717) is 35.7 Å². The fourth-order valence-corrected chi connectivity index (χ4v) is 3.02. The van der Waals surface area contributed by atoms with Crippen LogP contribution in [-0.2, 0) is 11.3 Å². The van der Waals surface area contributed by atoms with Gasteiger partial charge in [0.1, 0.15) is 0 Å². The van der Waals surface area contributed by atoms with Gasteiger partial charge in [-0.2, -0.15) is 0 Å². The number of carbonyl (C=O) groups is 1. The van der Waals surface area contributed by atoms with E-state index in [1.165, 1.54) is 0 Å². The van der Waals surface area contributed by atoms with E-state index in [1.807, 2.05) is 49.4 Å². The van der Waals surface area contributed by atoms with Crippen LogP contribution < -0.4 is 20.5 Å². The lowest BCUT2D eigenvalue weighted by molar-refractivity contribution is -0.119. The summed E-state index contributed by atoms with van der Waals surface area (Å²) in [5.74, 6) is 0.419. The first-order chi connectivity index (χ1) is 12.5. The maximum atomic E-state index is 10.9. The van der Waals surface area contributed by atoms with E-state index in [-0.39, 0.29) is 6.61 Å². The normalized spacial score (nSPS) is 11.8. The number of hydrogen-bond donors (Lipinski definition) is 3. The monoisotopic (exact) mass is 422 g/mol. The standard InChI is InChI=1S/C19H23BrN2O4/c1-2-25-17-9-13(8-15(20)19(17)26-12-18(21)24)10-22-11-16(23)14-6-4-3-5-7-14/h3-9,16,22-23H,2,10-12H2,1H3,(H2,21,24). The Bertz CT molecular complexity index is 725. The van der Waals surface area contributed by atoms with Crippen LogP contribution in [0.4, 0.5) is 0 Å². The molecule has 4 N–H and O–H groups in total. The molecule has 2 aromatic rings. The van der Waals surface area contributed by atoms with Crippen LogP contribution in [0.15, 0.2) is 46.9 Å². The van der Waals surface area contributed by atoms with Crippen molar-refractivity contribution >= 4 is 21.8 Å². The Morgan fingerprint density at radius 1 is 1.27 bits per heavy atom. The Kier molecular flexibility index (Phi) is 7.90. The number of carbonyl (C=O) groups excluding carboxylic acids is 1. The summed E-state index contributed by atoms with van der Waals surface area (Å²) in [6, 6.07) is 13.2. The number of aliphatic hydroxyl groups is 1. The number of nitrogens with one attached hydrogen (secondary N) is 1. The molecule has 1 atom stereocenters. The third-order valence-corrected chi connectivity index (χ3v) is 4.17. The van der Waals surface area contributed by atoms with Crippen LogP contribution in [0.25, 0.3) is 0 Å². The van der Waals surface area contributed by atoms with Crippen molar-refractivity contribution in [3.63, 3.8) is 0 Å². The van der Waals surface area contributed by atoms with Gasteiger partial charge in [-0.25, -0.2) is 0 Å². The molecule has 0 saturated carbocycles. The third-order valence-electron chi connectivity index (χ3n) is 3.58. The van der Waals surface area contributed by atoms with E-state index < -0.39 is 12.0 Å². The van der Waals surface area contributed by atoms with E-state index >= 15 is 0 Å². The zero-order valence-corrected chi connectivity index (χ0v) is 16.2. The van der Waals surface area contributed by atoms with Gasteiger partial charge in [0.25, 0.3) is 5.91 Å². The number of amides is 1. The van der Waals surface area contributed by atoms with E-state index in [2.05, 4.69) is 21.2 Å². The predicted molar refractivity (Wildman–Crippen MR) is 103 cm³/mol. The summed E-state index contributed by atoms with van der Waals surface area (Å²) in [5.41, 5.74) is 6.95. The maximum Gasteiger partial charge on any atom is 0.255 e. The lowest BCUT2D eigenvalue weighted by Crippen LogP contribution is -2.21. The Morgan fingerprint density at radius 3 is 2.65 bits per heavy atom. The number of nitrogens with two attached hydrogens (primary N) is 1. The van der Waals surface area contributed by atoms with Gasteiger partial charge >= 0.3 is 0 Å². The smallest absolute Gasteiger partial charge is 0.255 e. The highest BCUT2D eigenvalue weighted by atomic mass is 79.9. The number of primary amides is 1. The van der Waals surface area contributed by atoms with Crippen molar-refractivity contribution < 1.29 is 19.4 Å². The molecule has 7 heteroatoms. The molecule has 0 aliphatic rings. The van der Waals surface area contributed by atoms with Crippen molar-refractivity contribution in [2.24, 2.45) is 5.73 Å². The summed E-state index contributed by atoms with van der Waals surface area (Å²) in [4.78, 5) is 10.9. The minimum Gasteiger partial charge on any atom is -0.490 e. The number of rotatable bonds is 10. The highest BCUT2D eigenvalue weighted by molar-refractivity contribution is 9.10.